The molecule has 12 aliphatic carbocycles. The fraction of sp³-hybridized carbons (Fsp3) is 0.431. The molecule has 12 aromatic rings. The van der Waals surface area contributed by atoms with E-state index in [1.54, 1.807) is 22.3 Å². The number of aryl methyl sites for hydroxylation is 12. The molecule has 0 saturated heterocycles. The number of benzene rings is 6. The first-order valence-electron chi connectivity index (χ1n) is 47.8. The van der Waals surface area contributed by atoms with E-state index in [4.69, 9.17) is 2.74 Å². The molecule has 12 aliphatic rings. The molecule has 0 N–H and O–H groups in total. The quantitative estimate of drug-likeness (QED) is 0.148. The van der Waals surface area contributed by atoms with Crippen molar-refractivity contribution in [3.8, 4) is 67.5 Å². The second-order valence-corrected chi connectivity index (χ2v) is 42.1. The SMILES string of the molecule is Cc1ccccc1-c1cc2c(c[n+]1C)C(C)(C)CC2(C)C.Cc1ccccc1-c1cc2c(c[n+]1C)C1(C)CCC2C1(C)C.Cc1ccccc1-c1cc2c(c[n+]1C)C1CCC2C1.[2H]C12CC(Cc3c[n+](C)c(-c4ccccc4C)cc31)C2.[2H]C12CCC(C)(c3c[n+](C)c(-c4ccccc4C)cc31)C2(C)C.[2H]C12CCC(C1)c1c[n+](C)c(-c3ccccc3C)cc12. The molecule has 6 nitrogen and oxygen atoms in total. The van der Waals surface area contributed by atoms with Gasteiger partial charge in [0, 0.05) is 118 Å². The summed E-state index contributed by atoms with van der Waals surface area (Å²) in [6.45, 7) is 36.9. The molecule has 6 aromatic carbocycles. The van der Waals surface area contributed by atoms with Gasteiger partial charge in [0.15, 0.2) is 37.2 Å². The summed E-state index contributed by atoms with van der Waals surface area (Å²) in [5, 5.41) is 0. The Labute approximate surface area is 736 Å². The third kappa shape index (κ3) is 14.0. The van der Waals surface area contributed by atoms with Gasteiger partial charge in [0.25, 0.3) is 0 Å². The maximum atomic E-state index is 9.25. The van der Waals surface area contributed by atoms with E-state index in [0.717, 1.165) is 68.6 Å². The fourth-order valence-corrected chi connectivity index (χ4v) is 25.5. The first-order chi connectivity index (χ1) is 59.2. The number of fused-ring (bicyclic) bond motifs is 21. The van der Waals surface area contributed by atoms with E-state index >= 15 is 0 Å². The molecule has 0 spiro atoms. The summed E-state index contributed by atoms with van der Waals surface area (Å²) >= 11 is 0. The number of hydrogen-bond acceptors (Lipinski definition) is 0. The van der Waals surface area contributed by atoms with Crippen LogP contribution in [0, 0.1) is 58.3 Å². The van der Waals surface area contributed by atoms with Gasteiger partial charge in [-0.2, -0.15) is 0 Å². The summed E-state index contributed by atoms with van der Waals surface area (Å²) in [4.78, 5) is 0. The molecule has 0 amide bonds. The minimum absolute atomic E-state index is 0.0142. The van der Waals surface area contributed by atoms with E-state index < -0.39 is 5.89 Å². The smallest absolute Gasteiger partial charge is 0.201 e. The largest absolute Gasteiger partial charge is 0.212 e. The number of pyridine rings is 6. The topological polar surface area (TPSA) is 23.3 Å². The standard InChI is InChI=1S/2C21H26N.C20H26N.3C18H20N/c2*1-14-8-6-7-9-15(14)19-12-16-17-10-11-21(4,20(17,2)3)18(16)13-22(19)5;1-14-9-7-8-10-15(14)18-11-16-17(12-21(18)6)20(4,5)13-19(16,2)3;1-12-5-3-4-6-16(12)18-10-17-14-7-13(8-14)9-15(17)11-19(18)2;2*1-12-5-3-4-6-15(12)18-10-16-13-7-8-14(9-13)17(16)11-19(18)2/h2*6-9,12-13,17H,10-11H2,1-5H3;7-12H,13H2,1-6H3;3*3-6,10-11,13-14H,7-9H2,1-2H3/q6*+1/i17D;;;14D;13D;. The van der Waals surface area contributed by atoms with Gasteiger partial charge in [0.2, 0.25) is 34.2 Å². The lowest BCUT2D eigenvalue weighted by Crippen LogP contribution is -2.37. The molecule has 24 rings (SSSR count). The lowest BCUT2D eigenvalue weighted by atomic mass is 9.63. The van der Waals surface area contributed by atoms with Gasteiger partial charge in [-0.15, -0.1) is 0 Å². The van der Waals surface area contributed by atoms with Crippen LogP contribution in [0.3, 0.4) is 0 Å². The molecule has 626 valence electrons. The molecule has 6 heterocycles. The van der Waals surface area contributed by atoms with Crippen molar-refractivity contribution in [3.63, 3.8) is 0 Å². The van der Waals surface area contributed by atoms with Gasteiger partial charge in [0.05, 0.1) is 0 Å². The van der Waals surface area contributed by atoms with Crippen LogP contribution < -0.4 is 27.4 Å². The van der Waals surface area contributed by atoms with E-state index in [0.29, 0.717) is 16.7 Å². The number of aromatic nitrogens is 6. The summed E-state index contributed by atoms with van der Waals surface area (Å²) in [7, 11) is 13.0. The second-order valence-electron chi connectivity index (χ2n) is 42.1. The zero-order valence-corrected chi connectivity index (χ0v) is 77.8. The third-order valence-electron chi connectivity index (χ3n) is 33.2. The number of nitrogens with zero attached hydrogens (tertiary/aromatic N) is 6. The monoisotopic (exact) mass is 1620 g/mol. The highest BCUT2D eigenvalue weighted by molar-refractivity contribution is 5.69. The fourth-order valence-electron chi connectivity index (χ4n) is 25.5. The van der Waals surface area contributed by atoms with Gasteiger partial charge in [-0.25, -0.2) is 27.4 Å². The lowest BCUT2D eigenvalue weighted by Gasteiger charge is -2.41. The minimum Gasteiger partial charge on any atom is -0.201 e. The van der Waals surface area contributed by atoms with E-state index in [1.807, 2.05) is 0 Å². The minimum atomic E-state index is -0.456. The van der Waals surface area contributed by atoms with Gasteiger partial charge in [-0.05, 0) is 304 Å². The van der Waals surface area contributed by atoms with Crippen molar-refractivity contribution in [2.75, 3.05) is 0 Å². The van der Waals surface area contributed by atoms with Gasteiger partial charge < -0.3 is 0 Å². The predicted octanol–water partition coefficient (Wildman–Crippen LogP) is 25.0. The average molecular weight is 1620 g/mol. The third-order valence-corrected chi connectivity index (χ3v) is 33.2. The average Bonchev–Trinajstić information content (AvgIpc) is 1.50. The molecule has 6 heteroatoms. The highest BCUT2D eigenvalue weighted by Gasteiger charge is 2.62. The van der Waals surface area contributed by atoms with Crippen molar-refractivity contribution in [1.82, 2.24) is 0 Å². The van der Waals surface area contributed by atoms with E-state index in [1.165, 1.54) is 190 Å². The van der Waals surface area contributed by atoms with Crippen molar-refractivity contribution in [2.45, 2.75) is 264 Å². The van der Waals surface area contributed by atoms with Crippen LogP contribution in [0.2, 0.25) is 0 Å². The highest BCUT2D eigenvalue weighted by atomic mass is 15.0. The van der Waals surface area contributed by atoms with Crippen LogP contribution in [-0.2, 0) is 70.4 Å². The molecule has 6 aromatic heterocycles. The first-order valence-corrected chi connectivity index (χ1v) is 46.3. The Bertz CT molecular complexity index is 6280. The Balaban J connectivity index is 0.000000102. The van der Waals surface area contributed by atoms with Gasteiger partial charge in [0.1, 0.15) is 42.3 Å². The van der Waals surface area contributed by atoms with E-state index in [9.17, 15) is 1.37 Å². The molecule has 0 radical (unpaired) electrons. The molecular weight excluding hydrogens is 1480 g/mol. The Morgan fingerprint density at radius 3 is 1.11 bits per heavy atom. The van der Waals surface area contributed by atoms with Gasteiger partial charge in [-0.3, -0.25) is 0 Å². The Morgan fingerprint density at radius 2 is 0.639 bits per heavy atom. The maximum Gasteiger partial charge on any atom is 0.212 e. The zero-order chi connectivity index (χ0) is 88.5. The van der Waals surface area contributed by atoms with Crippen molar-refractivity contribution in [3.05, 3.63) is 319 Å². The lowest BCUT2D eigenvalue weighted by molar-refractivity contribution is -0.661. The van der Waals surface area contributed by atoms with Crippen LogP contribution in [0.5, 0.6) is 0 Å². The summed E-state index contributed by atoms with van der Waals surface area (Å²) in [6.07, 6.45) is 30.7. The van der Waals surface area contributed by atoms with Crippen LogP contribution in [0.1, 0.15) is 298 Å². The highest BCUT2D eigenvalue weighted by Crippen LogP contribution is 2.69. The Kier molecular flexibility index (Phi) is 20.3. The van der Waals surface area contributed by atoms with Crippen LogP contribution in [0.25, 0.3) is 67.5 Å². The van der Waals surface area contributed by atoms with Gasteiger partial charge >= 0.3 is 0 Å². The van der Waals surface area contributed by atoms with Crippen molar-refractivity contribution < 1.29 is 31.5 Å². The second kappa shape index (κ2) is 31.2. The summed E-state index contributed by atoms with van der Waals surface area (Å²) in [5.41, 5.74) is 42.4. The maximum absolute atomic E-state index is 9.25. The van der Waals surface area contributed by atoms with Crippen LogP contribution >= 0.6 is 0 Å². The summed E-state index contributed by atoms with van der Waals surface area (Å²) in [5.74, 6) is 2.71. The Morgan fingerprint density at radius 1 is 0.295 bits per heavy atom. The van der Waals surface area contributed by atoms with Gasteiger partial charge in [-0.1, -0.05) is 178 Å². The molecule has 5 fully saturated rings. The van der Waals surface area contributed by atoms with E-state index in [2.05, 4.69) is 400 Å². The number of rotatable bonds is 6. The Hall–Kier alpha value is -9.78. The first kappa shape index (κ1) is 79.4. The van der Waals surface area contributed by atoms with E-state index in [-0.39, 0.29) is 33.4 Å². The van der Waals surface area contributed by atoms with Crippen LogP contribution in [-0.4, -0.2) is 0 Å². The van der Waals surface area contributed by atoms with Crippen molar-refractivity contribution in [2.24, 2.45) is 59.0 Å². The van der Waals surface area contributed by atoms with Crippen LogP contribution in [0.4, 0.5) is 0 Å². The molecule has 0 aliphatic heterocycles. The number of hydrogen-bond donors (Lipinski definition) is 0. The summed E-state index contributed by atoms with van der Waals surface area (Å²) in [6, 6.07) is 65.9. The molecule has 122 heavy (non-hydrogen) atoms. The van der Waals surface area contributed by atoms with Crippen LogP contribution in [0.15, 0.2) is 219 Å². The predicted molar refractivity (Wildman–Crippen MR) is 501 cm³/mol. The molecule has 8 atom stereocenters. The molecule has 5 saturated carbocycles. The van der Waals surface area contributed by atoms with Crippen molar-refractivity contribution >= 4 is 0 Å². The summed E-state index contributed by atoms with van der Waals surface area (Å²) < 4.78 is 40.3. The van der Waals surface area contributed by atoms with Crippen molar-refractivity contribution in [1.29, 1.82) is 0 Å². The molecule has 8 unspecified atom stereocenters. The molecular formula is C116H138N6+6. The normalized spacial score (nSPS) is 26.5. The zero-order valence-electron chi connectivity index (χ0n) is 80.8. The molecule has 10 bridgehead atoms.